The Kier molecular flexibility index (Phi) is 3.51. The van der Waals surface area contributed by atoms with Crippen LogP contribution >= 0.6 is 0 Å². The van der Waals surface area contributed by atoms with E-state index in [0.29, 0.717) is 23.3 Å². The lowest BCUT2D eigenvalue weighted by molar-refractivity contribution is -0.131. The highest BCUT2D eigenvalue weighted by atomic mass is 16.5. The first-order valence-electron chi connectivity index (χ1n) is 5.97. The van der Waals surface area contributed by atoms with Crippen LogP contribution in [-0.4, -0.2) is 11.0 Å². The molecular formula is C15H15NO3. The van der Waals surface area contributed by atoms with Crippen LogP contribution in [0.15, 0.2) is 35.6 Å². The van der Waals surface area contributed by atoms with Crippen LogP contribution in [0.1, 0.15) is 18.1 Å². The molecule has 0 amide bonds. The zero-order valence-electron chi connectivity index (χ0n) is 10.9. The normalized spacial score (nSPS) is 10.4. The Bertz CT molecular complexity index is 713. The van der Waals surface area contributed by atoms with E-state index in [9.17, 15) is 9.59 Å². The van der Waals surface area contributed by atoms with Crippen molar-refractivity contribution in [3.8, 4) is 5.75 Å². The first kappa shape index (κ1) is 13.1. The highest BCUT2D eigenvalue weighted by Crippen LogP contribution is 2.22. The van der Waals surface area contributed by atoms with Gasteiger partial charge >= 0.3 is 5.97 Å². The second kappa shape index (κ2) is 5.10. The quantitative estimate of drug-likeness (QED) is 0.522. The number of aryl methyl sites for hydroxylation is 1. The number of hydrogen-bond acceptors (Lipinski definition) is 3. The van der Waals surface area contributed by atoms with E-state index in [0.717, 1.165) is 10.9 Å². The van der Waals surface area contributed by atoms with Crippen LogP contribution in [0.3, 0.4) is 0 Å². The number of esters is 1. The van der Waals surface area contributed by atoms with E-state index < -0.39 is 0 Å². The van der Waals surface area contributed by atoms with Gasteiger partial charge in [0.05, 0.1) is 5.52 Å². The Morgan fingerprint density at radius 1 is 1.47 bits per heavy atom. The highest BCUT2D eigenvalue weighted by Gasteiger charge is 2.09. The lowest BCUT2D eigenvalue weighted by Gasteiger charge is -2.08. The molecule has 1 heterocycles. The number of H-pyrrole nitrogens is 1. The van der Waals surface area contributed by atoms with E-state index in [2.05, 4.69) is 11.6 Å². The summed E-state index contributed by atoms with van der Waals surface area (Å²) in [4.78, 5) is 25.7. The Hall–Kier alpha value is -2.36. The lowest BCUT2D eigenvalue weighted by Crippen LogP contribution is -2.14. The monoisotopic (exact) mass is 257 g/mol. The average Bonchev–Trinajstić information content (AvgIpc) is 2.33. The number of aromatic amines is 1. The number of hydrogen-bond donors (Lipinski definition) is 1. The van der Waals surface area contributed by atoms with Gasteiger partial charge in [-0.2, -0.15) is 0 Å². The fraction of sp³-hybridized carbons (Fsp3) is 0.200. The molecule has 0 aliphatic heterocycles. The van der Waals surface area contributed by atoms with Gasteiger partial charge in [-0.25, -0.2) is 0 Å². The maximum atomic E-state index is 12.0. The summed E-state index contributed by atoms with van der Waals surface area (Å²) in [5.74, 6) is 0.0354. The Morgan fingerprint density at radius 2 is 2.21 bits per heavy atom. The maximum Gasteiger partial charge on any atom is 0.308 e. The molecule has 1 aromatic carbocycles. The summed E-state index contributed by atoms with van der Waals surface area (Å²) in [5, 5.41) is 0.937. The summed E-state index contributed by atoms with van der Waals surface area (Å²) in [6.07, 6.45) is 2.24. The van der Waals surface area contributed by atoms with Crippen molar-refractivity contribution < 1.29 is 9.53 Å². The molecular weight excluding hydrogens is 242 g/mol. The van der Waals surface area contributed by atoms with Gasteiger partial charge in [-0.3, -0.25) is 9.59 Å². The molecule has 0 atom stereocenters. The number of benzene rings is 1. The first-order valence-corrected chi connectivity index (χ1v) is 5.97. The topological polar surface area (TPSA) is 59.2 Å². The van der Waals surface area contributed by atoms with Gasteiger partial charge in [0.15, 0.2) is 0 Å². The van der Waals surface area contributed by atoms with E-state index in [4.69, 9.17) is 4.74 Å². The van der Waals surface area contributed by atoms with Crippen molar-refractivity contribution in [2.24, 2.45) is 0 Å². The SMILES string of the molecule is C=CCc1c(C)c2ccc(OC(C)=O)cc2[nH]c1=O. The van der Waals surface area contributed by atoms with Gasteiger partial charge in [0.1, 0.15) is 5.75 Å². The molecule has 0 unspecified atom stereocenters. The molecule has 2 aromatic rings. The number of nitrogens with one attached hydrogen (secondary N) is 1. The lowest BCUT2D eigenvalue weighted by atomic mass is 10.0. The number of allylic oxidation sites excluding steroid dienone is 1. The summed E-state index contributed by atoms with van der Waals surface area (Å²) in [6, 6.07) is 5.21. The summed E-state index contributed by atoms with van der Waals surface area (Å²) in [5.41, 5.74) is 2.16. The van der Waals surface area contributed by atoms with Crippen LogP contribution in [0.5, 0.6) is 5.75 Å². The molecule has 0 spiro atoms. The Balaban J connectivity index is 2.63. The van der Waals surface area contributed by atoms with Gasteiger partial charge in [0.2, 0.25) is 0 Å². The summed E-state index contributed by atoms with van der Waals surface area (Å²) in [7, 11) is 0. The number of fused-ring (bicyclic) bond motifs is 1. The fourth-order valence-electron chi connectivity index (χ4n) is 2.10. The van der Waals surface area contributed by atoms with Gasteiger partial charge in [-0.15, -0.1) is 6.58 Å². The van der Waals surface area contributed by atoms with E-state index in [1.807, 2.05) is 13.0 Å². The predicted octanol–water partition coefficient (Wildman–Crippen LogP) is 2.49. The van der Waals surface area contributed by atoms with Crippen LogP contribution in [0, 0.1) is 6.92 Å². The molecule has 4 heteroatoms. The highest BCUT2D eigenvalue weighted by molar-refractivity contribution is 5.84. The van der Waals surface area contributed by atoms with Crippen molar-refractivity contribution in [3.05, 3.63) is 52.3 Å². The van der Waals surface area contributed by atoms with Crippen molar-refractivity contribution in [2.75, 3.05) is 0 Å². The van der Waals surface area contributed by atoms with E-state index in [1.54, 1.807) is 18.2 Å². The van der Waals surface area contributed by atoms with Crippen molar-refractivity contribution in [1.29, 1.82) is 0 Å². The molecule has 98 valence electrons. The molecule has 1 aromatic heterocycles. The molecule has 0 bridgehead atoms. The zero-order valence-corrected chi connectivity index (χ0v) is 10.9. The summed E-state index contributed by atoms with van der Waals surface area (Å²) >= 11 is 0. The first-order chi connectivity index (χ1) is 9.02. The van der Waals surface area contributed by atoms with Crippen LogP contribution in [0.4, 0.5) is 0 Å². The number of ether oxygens (including phenoxy) is 1. The standard InChI is InChI=1S/C15H15NO3/c1-4-5-13-9(2)12-7-6-11(19-10(3)17)8-14(12)16-15(13)18/h4,6-8H,1,5H2,2-3H3,(H,16,18). The summed E-state index contributed by atoms with van der Waals surface area (Å²) < 4.78 is 5.00. The molecule has 0 fully saturated rings. The molecule has 19 heavy (non-hydrogen) atoms. The number of pyridine rings is 1. The maximum absolute atomic E-state index is 12.0. The minimum atomic E-state index is -0.387. The van der Waals surface area contributed by atoms with Gasteiger partial charge in [-0.1, -0.05) is 6.08 Å². The largest absolute Gasteiger partial charge is 0.427 e. The van der Waals surface area contributed by atoms with Crippen LogP contribution in [0.2, 0.25) is 0 Å². The fourth-order valence-corrected chi connectivity index (χ4v) is 2.10. The second-order valence-corrected chi connectivity index (χ2v) is 4.35. The molecule has 1 N–H and O–H groups in total. The number of carbonyl (C=O) groups is 1. The van der Waals surface area contributed by atoms with Gasteiger partial charge in [0, 0.05) is 23.9 Å². The van der Waals surface area contributed by atoms with Gasteiger partial charge in [0.25, 0.3) is 5.56 Å². The molecule has 0 aliphatic rings. The van der Waals surface area contributed by atoms with E-state index in [-0.39, 0.29) is 11.5 Å². The smallest absolute Gasteiger partial charge is 0.308 e. The Morgan fingerprint density at radius 3 is 2.84 bits per heavy atom. The molecule has 0 aliphatic carbocycles. The minimum Gasteiger partial charge on any atom is -0.427 e. The third-order valence-electron chi connectivity index (χ3n) is 2.98. The number of carbonyl (C=O) groups excluding carboxylic acids is 1. The van der Waals surface area contributed by atoms with Crippen molar-refractivity contribution >= 4 is 16.9 Å². The molecule has 0 saturated carbocycles. The minimum absolute atomic E-state index is 0.134. The summed E-state index contributed by atoms with van der Waals surface area (Å²) in [6.45, 7) is 6.90. The molecule has 0 radical (unpaired) electrons. The third kappa shape index (κ3) is 2.57. The zero-order chi connectivity index (χ0) is 14.0. The second-order valence-electron chi connectivity index (χ2n) is 4.35. The van der Waals surface area contributed by atoms with Gasteiger partial charge < -0.3 is 9.72 Å². The predicted molar refractivity (Wildman–Crippen MR) is 74.5 cm³/mol. The third-order valence-corrected chi connectivity index (χ3v) is 2.98. The van der Waals surface area contributed by atoms with Crippen molar-refractivity contribution in [1.82, 2.24) is 4.98 Å². The Labute approximate surface area is 110 Å². The van der Waals surface area contributed by atoms with Crippen molar-refractivity contribution in [2.45, 2.75) is 20.3 Å². The van der Waals surface area contributed by atoms with Gasteiger partial charge in [-0.05, 0) is 31.0 Å². The molecule has 4 nitrogen and oxygen atoms in total. The van der Waals surface area contributed by atoms with Crippen LogP contribution in [0.25, 0.3) is 10.9 Å². The molecule has 0 saturated heterocycles. The van der Waals surface area contributed by atoms with E-state index >= 15 is 0 Å². The van der Waals surface area contributed by atoms with Crippen LogP contribution < -0.4 is 10.3 Å². The van der Waals surface area contributed by atoms with Crippen LogP contribution in [-0.2, 0) is 11.2 Å². The molecule has 2 rings (SSSR count). The van der Waals surface area contributed by atoms with E-state index in [1.165, 1.54) is 6.92 Å². The number of rotatable bonds is 3. The van der Waals surface area contributed by atoms with Crippen molar-refractivity contribution in [3.63, 3.8) is 0 Å². The number of aromatic nitrogens is 1. The average molecular weight is 257 g/mol.